The van der Waals surface area contributed by atoms with Gasteiger partial charge in [0.1, 0.15) is 0 Å². The first-order chi connectivity index (χ1) is 15.9. The number of hydrogen-bond donors (Lipinski definition) is 1. The molecule has 0 saturated heterocycles. The molecular weight excluding hydrogens is 432 g/mol. The number of thioether (sulfide) groups is 1. The fourth-order valence-electron chi connectivity index (χ4n) is 3.32. The minimum Gasteiger partial charge on any atom is -0.378 e. The summed E-state index contributed by atoms with van der Waals surface area (Å²) < 4.78 is 1.99. The number of carbonyl (C=O) groups is 1. The third-order valence-corrected chi connectivity index (χ3v) is 6.25. The second-order valence-corrected chi connectivity index (χ2v) is 8.87. The van der Waals surface area contributed by atoms with Gasteiger partial charge >= 0.3 is 0 Å². The van der Waals surface area contributed by atoms with Crippen molar-refractivity contribution in [2.24, 2.45) is 0 Å². The van der Waals surface area contributed by atoms with E-state index in [4.69, 9.17) is 0 Å². The van der Waals surface area contributed by atoms with Crippen molar-refractivity contribution in [3.8, 4) is 17.1 Å². The smallest absolute Gasteiger partial charge is 0.234 e. The van der Waals surface area contributed by atoms with E-state index in [-0.39, 0.29) is 11.7 Å². The number of aryl methyl sites for hydroxylation is 2. The summed E-state index contributed by atoms with van der Waals surface area (Å²) in [5.74, 6) is 0.829. The molecule has 8 heteroatoms. The molecule has 0 spiro atoms. The Morgan fingerprint density at radius 2 is 1.70 bits per heavy atom. The fourth-order valence-corrected chi connectivity index (χ4v) is 4.07. The minimum atomic E-state index is -0.0994. The van der Waals surface area contributed by atoms with E-state index < -0.39 is 0 Å². The number of amides is 1. The van der Waals surface area contributed by atoms with Crippen LogP contribution in [0.2, 0.25) is 0 Å². The van der Waals surface area contributed by atoms with Gasteiger partial charge in [0.25, 0.3) is 0 Å². The Labute approximate surface area is 197 Å². The Bertz CT molecular complexity index is 1250. The number of carbonyl (C=O) groups excluding carboxylic acids is 1. The van der Waals surface area contributed by atoms with Gasteiger partial charge in [-0.3, -0.25) is 14.3 Å². The Kier molecular flexibility index (Phi) is 6.74. The highest BCUT2D eigenvalue weighted by molar-refractivity contribution is 7.99. The van der Waals surface area contributed by atoms with Crippen LogP contribution in [0.5, 0.6) is 0 Å². The number of pyridine rings is 1. The SMILES string of the molecule is Cc1ccc(-n2c(SCC(=O)Nc3ccc(N(C)C)cc3)nnc2-c2ccncc2)cc1C. The maximum Gasteiger partial charge on any atom is 0.234 e. The van der Waals surface area contributed by atoms with Crippen molar-refractivity contribution < 1.29 is 4.79 Å². The van der Waals surface area contributed by atoms with Crippen LogP contribution in [0.1, 0.15) is 11.1 Å². The van der Waals surface area contributed by atoms with E-state index in [9.17, 15) is 4.79 Å². The second-order valence-electron chi connectivity index (χ2n) is 7.92. The van der Waals surface area contributed by atoms with E-state index in [1.165, 1.54) is 22.9 Å². The Balaban J connectivity index is 1.56. The molecule has 0 bridgehead atoms. The quantitative estimate of drug-likeness (QED) is 0.403. The molecule has 0 fully saturated rings. The van der Waals surface area contributed by atoms with Crippen molar-refractivity contribution in [2.45, 2.75) is 19.0 Å². The second kappa shape index (κ2) is 9.87. The molecule has 2 aromatic heterocycles. The van der Waals surface area contributed by atoms with Gasteiger partial charge in [-0.05, 0) is 73.5 Å². The molecule has 0 unspecified atom stereocenters. The van der Waals surface area contributed by atoms with Crippen LogP contribution in [-0.4, -0.2) is 45.5 Å². The van der Waals surface area contributed by atoms with Gasteiger partial charge in [0, 0.05) is 43.4 Å². The molecule has 4 rings (SSSR count). The van der Waals surface area contributed by atoms with Gasteiger partial charge in [-0.25, -0.2) is 0 Å². The van der Waals surface area contributed by atoms with Gasteiger partial charge < -0.3 is 10.2 Å². The summed E-state index contributed by atoms with van der Waals surface area (Å²) in [6.07, 6.45) is 3.47. The zero-order valence-corrected chi connectivity index (χ0v) is 19.9. The maximum atomic E-state index is 12.6. The molecule has 7 nitrogen and oxygen atoms in total. The van der Waals surface area contributed by atoms with Gasteiger partial charge in [-0.1, -0.05) is 17.8 Å². The van der Waals surface area contributed by atoms with Gasteiger partial charge in [-0.15, -0.1) is 10.2 Å². The predicted octanol–water partition coefficient (Wildman–Crippen LogP) is 4.74. The zero-order chi connectivity index (χ0) is 23.4. The van der Waals surface area contributed by atoms with Crippen LogP contribution in [0.4, 0.5) is 11.4 Å². The topological polar surface area (TPSA) is 75.9 Å². The number of anilines is 2. The van der Waals surface area contributed by atoms with Crippen LogP contribution >= 0.6 is 11.8 Å². The molecule has 4 aromatic rings. The molecule has 0 atom stereocenters. The largest absolute Gasteiger partial charge is 0.378 e. The number of rotatable bonds is 7. The molecule has 168 valence electrons. The van der Waals surface area contributed by atoms with Gasteiger partial charge in [0.15, 0.2) is 11.0 Å². The molecule has 0 aliphatic rings. The summed E-state index contributed by atoms with van der Waals surface area (Å²) in [6.45, 7) is 4.16. The zero-order valence-electron chi connectivity index (χ0n) is 19.1. The molecular formula is C25H26N6OS. The minimum absolute atomic E-state index is 0.0994. The lowest BCUT2D eigenvalue weighted by molar-refractivity contribution is -0.113. The molecule has 2 aromatic carbocycles. The third-order valence-electron chi connectivity index (χ3n) is 5.32. The number of hydrogen-bond acceptors (Lipinski definition) is 6. The average Bonchev–Trinajstić information content (AvgIpc) is 3.24. The van der Waals surface area contributed by atoms with Crippen LogP contribution in [0, 0.1) is 13.8 Å². The van der Waals surface area contributed by atoms with Crippen LogP contribution in [0.25, 0.3) is 17.1 Å². The lowest BCUT2D eigenvalue weighted by Crippen LogP contribution is -2.15. The van der Waals surface area contributed by atoms with Crippen molar-refractivity contribution in [2.75, 3.05) is 30.1 Å². The molecule has 1 N–H and O–H groups in total. The highest BCUT2D eigenvalue weighted by atomic mass is 32.2. The number of benzene rings is 2. The van der Waals surface area contributed by atoms with E-state index in [0.717, 1.165) is 22.6 Å². The Morgan fingerprint density at radius 3 is 2.36 bits per heavy atom. The molecule has 1 amide bonds. The highest BCUT2D eigenvalue weighted by Gasteiger charge is 2.18. The monoisotopic (exact) mass is 458 g/mol. The van der Waals surface area contributed by atoms with Gasteiger partial charge in [-0.2, -0.15) is 0 Å². The lowest BCUT2D eigenvalue weighted by Gasteiger charge is -2.13. The molecule has 33 heavy (non-hydrogen) atoms. The van der Waals surface area contributed by atoms with Crippen molar-refractivity contribution in [3.05, 3.63) is 78.1 Å². The standard InChI is InChI=1S/C25H26N6OS/c1-17-5-8-22(15-18(17)2)31-24(19-11-13-26-14-12-19)28-29-25(31)33-16-23(32)27-20-6-9-21(10-7-20)30(3)4/h5-15H,16H2,1-4H3,(H,27,32). The highest BCUT2D eigenvalue weighted by Crippen LogP contribution is 2.29. The van der Waals surface area contributed by atoms with Gasteiger partial charge in [0.05, 0.1) is 11.4 Å². The fraction of sp³-hybridized carbons (Fsp3) is 0.200. The van der Waals surface area contributed by atoms with Crippen molar-refractivity contribution in [3.63, 3.8) is 0 Å². The summed E-state index contributed by atoms with van der Waals surface area (Å²) >= 11 is 1.36. The van der Waals surface area contributed by atoms with E-state index in [1.54, 1.807) is 12.4 Å². The van der Waals surface area contributed by atoms with Gasteiger partial charge in [0.2, 0.25) is 5.91 Å². The Morgan fingerprint density at radius 1 is 0.970 bits per heavy atom. The summed E-state index contributed by atoms with van der Waals surface area (Å²) in [6, 6.07) is 17.8. The molecule has 0 radical (unpaired) electrons. The van der Waals surface area contributed by atoms with Crippen LogP contribution in [0.15, 0.2) is 72.1 Å². The first-order valence-electron chi connectivity index (χ1n) is 10.6. The van der Waals surface area contributed by atoms with E-state index in [1.807, 2.05) is 66.0 Å². The molecule has 0 aliphatic carbocycles. The molecule has 2 heterocycles. The summed E-state index contributed by atoms with van der Waals surface area (Å²) in [4.78, 5) is 18.7. The lowest BCUT2D eigenvalue weighted by atomic mass is 10.1. The van der Waals surface area contributed by atoms with Crippen LogP contribution < -0.4 is 10.2 Å². The third kappa shape index (κ3) is 5.23. The van der Waals surface area contributed by atoms with Crippen molar-refractivity contribution >= 4 is 29.0 Å². The van der Waals surface area contributed by atoms with Crippen LogP contribution in [-0.2, 0) is 4.79 Å². The van der Waals surface area contributed by atoms with E-state index in [0.29, 0.717) is 11.0 Å². The number of nitrogens with one attached hydrogen (secondary N) is 1. The normalized spacial score (nSPS) is 10.8. The summed E-state index contributed by atoms with van der Waals surface area (Å²) in [5, 5.41) is 12.4. The van der Waals surface area contributed by atoms with Crippen molar-refractivity contribution in [1.82, 2.24) is 19.7 Å². The first-order valence-corrected chi connectivity index (χ1v) is 11.5. The summed E-state index contributed by atoms with van der Waals surface area (Å²) in [5.41, 5.74) is 6.10. The van der Waals surface area contributed by atoms with E-state index >= 15 is 0 Å². The molecule has 0 aliphatic heterocycles. The average molecular weight is 459 g/mol. The number of aromatic nitrogens is 4. The molecule has 0 saturated carbocycles. The first kappa shape index (κ1) is 22.5. The Hall–Kier alpha value is -3.65. The van der Waals surface area contributed by atoms with E-state index in [2.05, 4.69) is 46.5 Å². The number of nitrogens with zero attached hydrogens (tertiary/aromatic N) is 5. The summed E-state index contributed by atoms with van der Waals surface area (Å²) in [7, 11) is 3.96. The van der Waals surface area contributed by atoms with Crippen LogP contribution in [0.3, 0.4) is 0 Å². The maximum absolute atomic E-state index is 12.6. The predicted molar refractivity (Wildman–Crippen MR) is 134 cm³/mol. The van der Waals surface area contributed by atoms with Crippen molar-refractivity contribution in [1.29, 1.82) is 0 Å².